The molecule has 1 heterocycles. The lowest BCUT2D eigenvalue weighted by Gasteiger charge is -2.23. The molecule has 4 rings (SSSR count). The highest BCUT2D eigenvalue weighted by Crippen LogP contribution is 2.32. The van der Waals surface area contributed by atoms with Gasteiger partial charge in [-0.05, 0) is 62.4 Å². The Labute approximate surface area is 171 Å². The fourth-order valence-electron chi connectivity index (χ4n) is 3.85. The van der Waals surface area contributed by atoms with Gasteiger partial charge < -0.3 is 10.6 Å². The van der Waals surface area contributed by atoms with E-state index in [0.29, 0.717) is 23.8 Å². The van der Waals surface area contributed by atoms with Gasteiger partial charge in [0.2, 0.25) is 5.95 Å². The van der Waals surface area contributed by atoms with Gasteiger partial charge in [-0.1, -0.05) is 36.8 Å². The molecule has 3 aromatic rings. The molecule has 5 heteroatoms. The topological polar surface area (TPSA) is 66.9 Å². The number of fused-ring (bicyclic) bond motifs is 1. The summed E-state index contributed by atoms with van der Waals surface area (Å²) < 4.78 is 0. The summed E-state index contributed by atoms with van der Waals surface area (Å²) in [5, 5.41) is 6.70. The molecule has 1 aliphatic carbocycles. The van der Waals surface area contributed by atoms with E-state index in [1.165, 1.54) is 5.56 Å². The van der Waals surface area contributed by atoms with Crippen molar-refractivity contribution in [1.29, 1.82) is 0 Å². The van der Waals surface area contributed by atoms with Gasteiger partial charge in [-0.15, -0.1) is 0 Å². The lowest BCUT2D eigenvalue weighted by atomic mass is 9.87. The summed E-state index contributed by atoms with van der Waals surface area (Å²) in [6, 6.07) is 14.3. The third-order valence-corrected chi connectivity index (χ3v) is 5.25. The van der Waals surface area contributed by atoms with Crippen LogP contribution in [-0.2, 0) is 6.42 Å². The van der Waals surface area contributed by atoms with E-state index in [1.54, 1.807) is 0 Å². The summed E-state index contributed by atoms with van der Waals surface area (Å²) in [6.07, 6.45) is 1.30. The summed E-state index contributed by atoms with van der Waals surface area (Å²) in [5.41, 5.74) is 6.78. The van der Waals surface area contributed by atoms with Crippen LogP contribution in [-0.4, -0.2) is 15.8 Å². The van der Waals surface area contributed by atoms with Crippen LogP contribution in [0.3, 0.4) is 0 Å². The van der Waals surface area contributed by atoms with Crippen LogP contribution in [0.4, 0.5) is 23.1 Å². The molecule has 0 aliphatic heterocycles. The summed E-state index contributed by atoms with van der Waals surface area (Å²) in [7, 11) is 0. The van der Waals surface area contributed by atoms with Crippen molar-refractivity contribution in [2.45, 2.75) is 40.5 Å². The molecule has 0 saturated heterocycles. The molecule has 1 unspecified atom stereocenters. The highest BCUT2D eigenvalue weighted by atomic mass is 16.1. The second-order valence-corrected chi connectivity index (χ2v) is 8.09. The molecule has 0 fully saturated rings. The Morgan fingerprint density at radius 1 is 0.931 bits per heavy atom. The number of nitrogens with one attached hydrogen (secondary N) is 2. The fourth-order valence-corrected chi connectivity index (χ4v) is 3.85. The Morgan fingerprint density at radius 2 is 1.72 bits per heavy atom. The predicted molar refractivity (Wildman–Crippen MR) is 118 cm³/mol. The number of nitrogens with zero attached hydrogens (tertiary/aromatic N) is 2. The van der Waals surface area contributed by atoms with Crippen LogP contribution in [0, 0.1) is 26.7 Å². The summed E-state index contributed by atoms with van der Waals surface area (Å²) >= 11 is 0. The molecule has 0 saturated carbocycles. The van der Waals surface area contributed by atoms with Crippen LogP contribution >= 0.6 is 0 Å². The summed E-state index contributed by atoms with van der Waals surface area (Å²) in [6.45, 7) is 8.26. The van der Waals surface area contributed by atoms with E-state index in [2.05, 4.69) is 43.5 Å². The average Bonchev–Trinajstić information content (AvgIpc) is 2.63. The molecule has 1 aliphatic rings. The van der Waals surface area contributed by atoms with Gasteiger partial charge in [-0.2, -0.15) is 4.98 Å². The van der Waals surface area contributed by atoms with Gasteiger partial charge in [-0.3, -0.25) is 4.79 Å². The third kappa shape index (κ3) is 4.14. The molecule has 148 valence electrons. The minimum atomic E-state index is 0.105. The molecule has 1 aromatic heterocycles. The number of aromatic nitrogens is 2. The molecule has 1 atom stereocenters. The largest absolute Gasteiger partial charge is 0.339 e. The van der Waals surface area contributed by atoms with E-state index in [-0.39, 0.29) is 11.7 Å². The normalized spacial score (nSPS) is 15.7. The lowest BCUT2D eigenvalue weighted by Crippen LogP contribution is -2.22. The molecule has 29 heavy (non-hydrogen) atoms. The Balaban J connectivity index is 1.77. The molecule has 5 nitrogen and oxygen atoms in total. The number of aryl methyl sites for hydroxylation is 3. The zero-order valence-electron chi connectivity index (χ0n) is 17.3. The van der Waals surface area contributed by atoms with Gasteiger partial charge in [0.05, 0.1) is 11.3 Å². The monoisotopic (exact) mass is 386 g/mol. The van der Waals surface area contributed by atoms with E-state index < -0.39 is 0 Å². The van der Waals surface area contributed by atoms with E-state index in [0.717, 1.165) is 34.6 Å². The van der Waals surface area contributed by atoms with Gasteiger partial charge in [0.15, 0.2) is 5.78 Å². The Bertz CT molecular complexity index is 1090. The van der Waals surface area contributed by atoms with E-state index in [4.69, 9.17) is 9.97 Å². The molecule has 0 spiro atoms. The van der Waals surface area contributed by atoms with E-state index in [1.807, 2.05) is 37.3 Å². The van der Waals surface area contributed by atoms with Crippen molar-refractivity contribution in [2.75, 3.05) is 10.6 Å². The maximum absolute atomic E-state index is 12.8. The molecular weight excluding hydrogens is 360 g/mol. The first-order chi connectivity index (χ1) is 13.9. The number of hydrogen-bond donors (Lipinski definition) is 2. The van der Waals surface area contributed by atoms with Gasteiger partial charge in [0.1, 0.15) is 5.82 Å². The fraction of sp³-hybridized carbons (Fsp3) is 0.292. The highest BCUT2D eigenvalue weighted by Gasteiger charge is 2.28. The molecule has 0 radical (unpaired) electrons. The van der Waals surface area contributed by atoms with Crippen molar-refractivity contribution in [2.24, 2.45) is 5.92 Å². The first-order valence-electron chi connectivity index (χ1n) is 10.0. The second-order valence-electron chi connectivity index (χ2n) is 8.09. The van der Waals surface area contributed by atoms with Crippen LogP contribution in [0.2, 0.25) is 0 Å². The van der Waals surface area contributed by atoms with Crippen molar-refractivity contribution < 1.29 is 4.79 Å². The molecule has 0 bridgehead atoms. The second kappa shape index (κ2) is 7.66. The van der Waals surface area contributed by atoms with Gasteiger partial charge in [0, 0.05) is 17.8 Å². The highest BCUT2D eigenvalue weighted by molar-refractivity contribution is 6.03. The standard InChI is InChI=1S/C24H26N4O/c1-14-6-5-7-18(11-14)25-24-27-20-12-16(3)13-21(29)22(20)23(28-24)26-19-9-8-15(2)10-17(19)4/h5-11,16H,12-13H2,1-4H3,(H2,25,26,27,28). The number of carbonyl (C=O) groups is 1. The molecule has 2 aromatic carbocycles. The Kier molecular flexibility index (Phi) is 5.05. The smallest absolute Gasteiger partial charge is 0.229 e. The van der Waals surface area contributed by atoms with Crippen molar-refractivity contribution in [3.63, 3.8) is 0 Å². The van der Waals surface area contributed by atoms with E-state index in [9.17, 15) is 4.79 Å². The van der Waals surface area contributed by atoms with Crippen LogP contribution in [0.1, 0.15) is 46.1 Å². The number of rotatable bonds is 4. The van der Waals surface area contributed by atoms with Crippen molar-refractivity contribution in [3.8, 4) is 0 Å². The van der Waals surface area contributed by atoms with Crippen LogP contribution in [0.15, 0.2) is 42.5 Å². The first kappa shape index (κ1) is 19.1. The maximum atomic E-state index is 12.8. The minimum absolute atomic E-state index is 0.105. The van der Waals surface area contributed by atoms with Crippen LogP contribution in [0.25, 0.3) is 0 Å². The van der Waals surface area contributed by atoms with Crippen molar-refractivity contribution in [3.05, 3.63) is 70.4 Å². The average molecular weight is 386 g/mol. The number of hydrogen-bond acceptors (Lipinski definition) is 5. The van der Waals surface area contributed by atoms with Gasteiger partial charge in [0.25, 0.3) is 0 Å². The maximum Gasteiger partial charge on any atom is 0.229 e. The zero-order chi connectivity index (χ0) is 20.5. The summed E-state index contributed by atoms with van der Waals surface area (Å²) in [5.74, 6) is 1.47. The third-order valence-electron chi connectivity index (χ3n) is 5.25. The van der Waals surface area contributed by atoms with Crippen molar-refractivity contribution in [1.82, 2.24) is 9.97 Å². The molecular formula is C24H26N4O. The van der Waals surface area contributed by atoms with Crippen LogP contribution < -0.4 is 10.6 Å². The van der Waals surface area contributed by atoms with Crippen LogP contribution in [0.5, 0.6) is 0 Å². The number of carbonyl (C=O) groups excluding carboxylic acids is 1. The lowest BCUT2D eigenvalue weighted by molar-refractivity contribution is 0.0953. The molecule has 2 N–H and O–H groups in total. The number of anilines is 4. The van der Waals surface area contributed by atoms with Gasteiger partial charge in [-0.25, -0.2) is 4.98 Å². The summed E-state index contributed by atoms with van der Waals surface area (Å²) in [4.78, 5) is 22.2. The number of Topliss-reactive ketones (excluding diaryl/α,β-unsaturated/α-hetero) is 1. The van der Waals surface area contributed by atoms with Crippen molar-refractivity contribution >= 4 is 28.9 Å². The Morgan fingerprint density at radius 3 is 2.48 bits per heavy atom. The number of benzene rings is 2. The zero-order valence-corrected chi connectivity index (χ0v) is 17.3. The Hall–Kier alpha value is -3.21. The predicted octanol–water partition coefficient (Wildman–Crippen LogP) is 5.65. The molecule has 0 amide bonds. The first-order valence-corrected chi connectivity index (χ1v) is 10.0. The van der Waals surface area contributed by atoms with E-state index >= 15 is 0 Å². The SMILES string of the molecule is Cc1cccc(Nc2nc3c(c(Nc4ccc(C)cc4C)n2)C(=O)CC(C)C3)c1. The number of ketones is 1. The minimum Gasteiger partial charge on any atom is -0.339 e. The quantitative estimate of drug-likeness (QED) is 0.606. The van der Waals surface area contributed by atoms with Gasteiger partial charge >= 0.3 is 0 Å².